The zero-order chi connectivity index (χ0) is 27.3. The predicted molar refractivity (Wildman–Crippen MR) is 150 cm³/mol. The molecule has 2 N–H and O–H groups in total. The Morgan fingerprint density at radius 2 is 1.70 bits per heavy atom. The van der Waals surface area contributed by atoms with Crippen LogP contribution in [0.5, 0.6) is 0 Å². The molecule has 0 radical (unpaired) electrons. The van der Waals surface area contributed by atoms with Crippen molar-refractivity contribution < 1.29 is 19.4 Å². The number of amides is 1. The molecule has 5 aromatic rings. The molecule has 0 spiro atoms. The minimum atomic E-state index is -0.560. The molecular weight excluding hydrogens is 504 g/mol. The lowest BCUT2D eigenvalue weighted by Crippen LogP contribution is -2.32. The van der Waals surface area contributed by atoms with Gasteiger partial charge in [0.2, 0.25) is 0 Å². The highest BCUT2D eigenvalue weighted by Gasteiger charge is 2.32. The second kappa shape index (κ2) is 11.8. The van der Waals surface area contributed by atoms with Crippen molar-refractivity contribution in [1.29, 1.82) is 0 Å². The minimum absolute atomic E-state index is 0.00289. The van der Waals surface area contributed by atoms with E-state index in [2.05, 4.69) is 25.9 Å². The van der Waals surface area contributed by atoms with Gasteiger partial charge in [-0.1, -0.05) is 60.7 Å². The second-order valence-electron chi connectivity index (χ2n) is 9.90. The zero-order valence-corrected chi connectivity index (χ0v) is 21.9. The van der Waals surface area contributed by atoms with Gasteiger partial charge in [0.25, 0.3) is 5.91 Å². The summed E-state index contributed by atoms with van der Waals surface area (Å²) in [5.74, 6) is -0.166. The van der Waals surface area contributed by atoms with Crippen LogP contribution in [0, 0.1) is 0 Å². The third-order valence-corrected chi connectivity index (χ3v) is 7.17. The van der Waals surface area contributed by atoms with Gasteiger partial charge < -0.3 is 24.5 Å². The number of aromatic nitrogens is 3. The molecule has 3 heterocycles. The monoisotopic (exact) mass is 534 g/mol. The molecule has 8 heteroatoms. The smallest absolute Gasteiger partial charge is 0.253 e. The molecule has 6 rings (SSSR count). The first-order chi connectivity index (χ1) is 19.7. The third-order valence-electron chi connectivity index (χ3n) is 7.17. The van der Waals surface area contributed by atoms with Crippen molar-refractivity contribution in [2.24, 2.45) is 0 Å². The molecule has 1 aliphatic heterocycles. The Morgan fingerprint density at radius 1 is 0.925 bits per heavy atom. The number of nitrogens with zero attached hydrogens (tertiary/aromatic N) is 3. The number of hydrogen-bond acceptors (Lipinski definition) is 6. The third kappa shape index (κ3) is 5.79. The maximum atomic E-state index is 12.4. The number of nitrogens with one attached hydrogen (secondary N) is 1. The Kier molecular flexibility index (Phi) is 7.63. The fourth-order valence-electron chi connectivity index (χ4n) is 4.98. The van der Waals surface area contributed by atoms with Crippen LogP contribution in [0.1, 0.15) is 51.4 Å². The molecule has 3 aromatic carbocycles. The van der Waals surface area contributed by atoms with Gasteiger partial charge in [-0.3, -0.25) is 9.78 Å². The van der Waals surface area contributed by atoms with E-state index < -0.39 is 6.29 Å². The van der Waals surface area contributed by atoms with Gasteiger partial charge >= 0.3 is 0 Å². The summed E-state index contributed by atoms with van der Waals surface area (Å²) in [5, 5.41) is 12.4. The van der Waals surface area contributed by atoms with Crippen LogP contribution >= 0.6 is 0 Å². The van der Waals surface area contributed by atoms with Crippen molar-refractivity contribution in [3.8, 4) is 0 Å². The molecule has 1 aliphatic rings. The van der Waals surface area contributed by atoms with Crippen LogP contribution in [0.4, 0.5) is 0 Å². The van der Waals surface area contributed by atoms with Gasteiger partial charge in [0.1, 0.15) is 0 Å². The first kappa shape index (κ1) is 25.9. The standard InChI is InChI=1S/C32H30N4O4/c37-20-23-9-11-24(12-10-23)30-16-27(19-36-21-35-28-5-1-2-6-29(28)36)39-32(40-30)25-13-7-22(8-14-25)17-34-31(38)26-4-3-15-33-18-26/h1-15,18,21,27,30,32,37H,16-17,19-20H2,(H,34,38). The van der Waals surface area contributed by atoms with Crippen LogP contribution in [0.2, 0.25) is 0 Å². The van der Waals surface area contributed by atoms with E-state index in [1.807, 2.05) is 73.1 Å². The lowest BCUT2D eigenvalue weighted by Gasteiger charge is -2.36. The van der Waals surface area contributed by atoms with Gasteiger partial charge in [0.05, 0.1) is 48.3 Å². The Balaban J connectivity index is 1.19. The predicted octanol–water partition coefficient (Wildman–Crippen LogP) is 5.10. The van der Waals surface area contributed by atoms with Gasteiger partial charge in [0, 0.05) is 30.9 Å². The maximum Gasteiger partial charge on any atom is 0.253 e. The van der Waals surface area contributed by atoms with E-state index >= 15 is 0 Å². The molecule has 40 heavy (non-hydrogen) atoms. The number of pyridine rings is 1. The zero-order valence-electron chi connectivity index (χ0n) is 21.9. The second-order valence-corrected chi connectivity index (χ2v) is 9.90. The van der Waals surface area contributed by atoms with Crippen molar-refractivity contribution in [3.05, 3.63) is 131 Å². The summed E-state index contributed by atoms with van der Waals surface area (Å²) < 4.78 is 15.1. The molecular formula is C32H30N4O4. The van der Waals surface area contributed by atoms with Crippen molar-refractivity contribution in [2.45, 2.75) is 44.6 Å². The molecule has 0 bridgehead atoms. The van der Waals surface area contributed by atoms with Crippen molar-refractivity contribution in [2.75, 3.05) is 0 Å². The maximum absolute atomic E-state index is 12.4. The lowest BCUT2D eigenvalue weighted by molar-refractivity contribution is -0.252. The van der Waals surface area contributed by atoms with Crippen LogP contribution in [0.3, 0.4) is 0 Å². The molecule has 0 saturated carbocycles. The van der Waals surface area contributed by atoms with E-state index in [9.17, 15) is 9.90 Å². The first-order valence-corrected chi connectivity index (χ1v) is 13.3. The summed E-state index contributed by atoms with van der Waals surface area (Å²) in [6.45, 7) is 1.05. The lowest BCUT2D eigenvalue weighted by atomic mass is 9.99. The average Bonchev–Trinajstić information content (AvgIpc) is 3.43. The van der Waals surface area contributed by atoms with Gasteiger partial charge in [-0.25, -0.2) is 4.98 Å². The number of hydrogen-bond donors (Lipinski definition) is 2. The van der Waals surface area contributed by atoms with Crippen LogP contribution < -0.4 is 5.32 Å². The van der Waals surface area contributed by atoms with Gasteiger partial charge in [-0.05, 0) is 41.0 Å². The summed E-state index contributed by atoms with van der Waals surface area (Å²) >= 11 is 0. The minimum Gasteiger partial charge on any atom is -0.392 e. The molecule has 3 unspecified atom stereocenters. The number of fused-ring (bicyclic) bond motifs is 1. The van der Waals surface area contributed by atoms with E-state index in [4.69, 9.17) is 9.47 Å². The quantitative estimate of drug-likeness (QED) is 0.288. The number of rotatable bonds is 8. The molecule has 3 atom stereocenters. The van der Waals surface area contributed by atoms with Gasteiger partial charge in [-0.15, -0.1) is 0 Å². The SMILES string of the molecule is O=C(NCc1ccc(C2OC(Cn3cnc4ccccc43)CC(c3ccc(CO)cc3)O2)cc1)c1cccnc1. The Hall–Kier alpha value is -4.37. The first-order valence-electron chi connectivity index (χ1n) is 13.3. The molecule has 0 aliphatic carbocycles. The number of imidazole rings is 1. The molecule has 1 amide bonds. The van der Waals surface area contributed by atoms with Crippen molar-refractivity contribution >= 4 is 16.9 Å². The van der Waals surface area contributed by atoms with Crippen molar-refractivity contribution in [1.82, 2.24) is 19.9 Å². The van der Waals surface area contributed by atoms with Crippen LogP contribution in [-0.2, 0) is 29.2 Å². The van der Waals surface area contributed by atoms with E-state index in [-0.39, 0.29) is 24.7 Å². The highest BCUT2D eigenvalue weighted by molar-refractivity contribution is 5.93. The van der Waals surface area contributed by atoms with E-state index in [0.29, 0.717) is 25.1 Å². The fraction of sp³-hybridized carbons (Fsp3) is 0.219. The highest BCUT2D eigenvalue weighted by atomic mass is 16.7. The molecule has 8 nitrogen and oxygen atoms in total. The summed E-state index contributed by atoms with van der Waals surface area (Å²) in [6.07, 6.45) is 4.88. The fourth-order valence-corrected chi connectivity index (χ4v) is 4.98. The van der Waals surface area contributed by atoms with E-state index in [0.717, 1.165) is 33.3 Å². The van der Waals surface area contributed by atoms with Crippen LogP contribution in [0.15, 0.2) is 104 Å². The average molecular weight is 535 g/mol. The van der Waals surface area contributed by atoms with E-state index in [1.165, 1.54) is 0 Å². The number of benzene rings is 3. The Labute approximate surface area is 232 Å². The summed E-state index contributed by atoms with van der Waals surface area (Å²) in [6, 6.07) is 27.3. The summed E-state index contributed by atoms with van der Waals surface area (Å²) in [5.41, 5.74) is 6.32. The van der Waals surface area contributed by atoms with E-state index in [1.54, 1.807) is 24.5 Å². The molecule has 202 valence electrons. The number of para-hydroxylation sites is 2. The van der Waals surface area contributed by atoms with Crippen LogP contribution in [0.25, 0.3) is 11.0 Å². The Bertz CT molecular complexity index is 1570. The number of aliphatic hydroxyl groups is 1. The number of carbonyl (C=O) groups is 1. The number of carbonyl (C=O) groups excluding carboxylic acids is 1. The molecule has 1 saturated heterocycles. The normalized spacial score (nSPS) is 19.0. The van der Waals surface area contributed by atoms with Gasteiger partial charge in [0.15, 0.2) is 6.29 Å². The van der Waals surface area contributed by atoms with Gasteiger partial charge in [-0.2, -0.15) is 0 Å². The van der Waals surface area contributed by atoms with Crippen molar-refractivity contribution in [3.63, 3.8) is 0 Å². The number of aliphatic hydroxyl groups excluding tert-OH is 1. The largest absolute Gasteiger partial charge is 0.392 e. The highest BCUT2D eigenvalue weighted by Crippen LogP contribution is 2.38. The topological polar surface area (TPSA) is 98.5 Å². The van der Waals surface area contributed by atoms with Crippen LogP contribution in [-0.4, -0.2) is 31.7 Å². The summed E-state index contributed by atoms with van der Waals surface area (Å²) in [7, 11) is 0. The Morgan fingerprint density at radius 3 is 2.48 bits per heavy atom. The number of ether oxygens (including phenoxy) is 2. The summed E-state index contributed by atoms with van der Waals surface area (Å²) in [4.78, 5) is 20.9. The molecule has 1 fully saturated rings. The molecule has 2 aromatic heterocycles.